The number of nitrogens with one attached hydrogen (secondary N) is 1. The minimum atomic E-state index is -4.46. The summed E-state index contributed by atoms with van der Waals surface area (Å²) in [6.45, 7) is 2.68. The van der Waals surface area contributed by atoms with Gasteiger partial charge in [-0.25, -0.2) is 0 Å². The average Bonchev–Trinajstić information content (AvgIpc) is 2.63. The molecule has 1 aromatic rings. The van der Waals surface area contributed by atoms with E-state index in [-0.39, 0.29) is 10.2 Å². The van der Waals surface area contributed by atoms with Crippen LogP contribution in [0, 0.1) is 0 Å². The van der Waals surface area contributed by atoms with Crippen LogP contribution in [-0.2, 0) is 11.7 Å². The van der Waals surface area contributed by atoms with E-state index in [2.05, 4.69) is 21.2 Å². The van der Waals surface area contributed by atoms with Gasteiger partial charge < -0.3 is 10.4 Å². The van der Waals surface area contributed by atoms with Gasteiger partial charge in [0.15, 0.2) is 0 Å². The van der Waals surface area contributed by atoms with Crippen LogP contribution >= 0.6 is 15.9 Å². The smallest absolute Gasteiger partial charge is 0.416 e. The van der Waals surface area contributed by atoms with Crippen molar-refractivity contribution in [3.8, 4) is 5.75 Å². The summed E-state index contributed by atoms with van der Waals surface area (Å²) in [4.78, 5) is 0. The van der Waals surface area contributed by atoms with Gasteiger partial charge in [-0.2, -0.15) is 13.2 Å². The molecule has 1 aliphatic rings. The molecule has 0 spiro atoms. The fourth-order valence-electron chi connectivity index (χ4n) is 2.41. The van der Waals surface area contributed by atoms with E-state index in [1.807, 2.05) is 6.92 Å². The predicted octanol–water partition coefficient (Wildman–Crippen LogP) is 3.77. The molecule has 2 rings (SSSR count). The maximum atomic E-state index is 12.6. The summed E-state index contributed by atoms with van der Waals surface area (Å²) in [6, 6.07) is 1.80. The molecule has 18 heavy (non-hydrogen) atoms. The third-order valence-electron chi connectivity index (χ3n) is 3.32. The third-order valence-corrected chi connectivity index (χ3v) is 3.94. The van der Waals surface area contributed by atoms with E-state index in [9.17, 15) is 18.3 Å². The monoisotopic (exact) mass is 323 g/mol. The van der Waals surface area contributed by atoms with Crippen LogP contribution in [0.25, 0.3) is 0 Å². The zero-order chi connectivity index (χ0) is 13.6. The van der Waals surface area contributed by atoms with E-state index in [1.165, 1.54) is 0 Å². The molecule has 0 bridgehead atoms. The highest BCUT2D eigenvalue weighted by Gasteiger charge is 2.37. The Balaban J connectivity index is 2.51. The molecule has 2 N–H and O–H groups in total. The highest BCUT2D eigenvalue weighted by atomic mass is 79.9. The van der Waals surface area contributed by atoms with Gasteiger partial charge in [0.2, 0.25) is 0 Å². The van der Waals surface area contributed by atoms with Gasteiger partial charge in [-0.3, -0.25) is 0 Å². The number of halogens is 4. The largest absolute Gasteiger partial charge is 0.508 e. The summed E-state index contributed by atoms with van der Waals surface area (Å²) < 4.78 is 38.1. The van der Waals surface area contributed by atoms with Gasteiger partial charge in [-0.1, -0.05) is 15.9 Å². The molecule has 0 aromatic heterocycles. The van der Waals surface area contributed by atoms with Gasteiger partial charge in [0.25, 0.3) is 0 Å². The first-order valence-electron chi connectivity index (χ1n) is 5.59. The van der Waals surface area contributed by atoms with Crippen LogP contribution < -0.4 is 5.32 Å². The van der Waals surface area contributed by atoms with E-state index >= 15 is 0 Å². The number of aromatic hydroxyl groups is 1. The first-order valence-corrected chi connectivity index (χ1v) is 6.38. The first-order chi connectivity index (χ1) is 8.24. The molecule has 1 atom stereocenters. The number of rotatable bonds is 1. The normalized spacial score (nSPS) is 24.5. The summed E-state index contributed by atoms with van der Waals surface area (Å²) in [5.74, 6) is -0.325. The molecule has 0 aliphatic carbocycles. The fourth-order valence-corrected chi connectivity index (χ4v) is 3.30. The highest BCUT2D eigenvalue weighted by Crippen LogP contribution is 2.43. The lowest BCUT2D eigenvalue weighted by atomic mass is 9.89. The fraction of sp³-hybridized carbons (Fsp3) is 0.500. The van der Waals surface area contributed by atoms with Crippen molar-refractivity contribution in [2.45, 2.75) is 31.5 Å². The number of hydrogen-bond acceptors (Lipinski definition) is 2. The van der Waals surface area contributed by atoms with Gasteiger partial charge in [0.1, 0.15) is 5.75 Å². The van der Waals surface area contributed by atoms with Gasteiger partial charge in [0.05, 0.1) is 5.56 Å². The molecule has 6 heteroatoms. The lowest BCUT2D eigenvalue weighted by molar-refractivity contribution is -0.137. The second-order valence-electron chi connectivity index (χ2n) is 4.71. The molecule has 0 radical (unpaired) electrons. The predicted molar refractivity (Wildman–Crippen MR) is 65.4 cm³/mol. The van der Waals surface area contributed by atoms with Crippen molar-refractivity contribution < 1.29 is 18.3 Å². The molecular formula is C12H13BrF3NO. The van der Waals surface area contributed by atoms with Crippen LogP contribution in [0.1, 0.15) is 30.9 Å². The Morgan fingerprint density at radius 1 is 1.39 bits per heavy atom. The zero-order valence-electron chi connectivity index (χ0n) is 9.74. The summed E-state index contributed by atoms with van der Waals surface area (Å²) in [7, 11) is 0. The van der Waals surface area contributed by atoms with E-state index in [1.54, 1.807) is 0 Å². The first kappa shape index (κ1) is 13.7. The number of phenolic OH excluding ortho intramolecular Hbond substituents is 1. The van der Waals surface area contributed by atoms with Crippen molar-refractivity contribution in [1.29, 1.82) is 0 Å². The molecular weight excluding hydrogens is 311 g/mol. The third kappa shape index (κ3) is 2.36. The SMILES string of the molecule is CC1(c2c(O)cc(C(F)(F)F)cc2Br)CCCN1. The van der Waals surface area contributed by atoms with Crippen LogP contribution in [0.15, 0.2) is 16.6 Å². The minimum absolute atomic E-state index is 0.284. The van der Waals surface area contributed by atoms with E-state index in [0.29, 0.717) is 5.56 Å². The number of benzene rings is 1. The lowest BCUT2D eigenvalue weighted by Crippen LogP contribution is -2.33. The minimum Gasteiger partial charge on any atom is -0.508 e. The Morgan fingerprint density at radius 3 is 2.50 bits per heavy atom. The molecule has 1 heterocycles. The summed E-state index contributed by atoms with van der Waals surface area (Å²) in [5, 5.41) is 13.1. The van der Waals surface area contributed by atoms with E-state index in [4.69, 9.17) is 0 Å². The molecule has 1 fully saturated rings. The molecule has 1 saturated heterocycles. The van der Waals surface area contributed by atoms with E-state index in [0.717, 1.165) is 31.5 Å². The van der Waals surface area contributed by atoms with Crippen LogP contribution in [-0.4, -0.2) is 11.7 Å². The van der Waals surface area contributed by atoms with Gasteiger partial charge in [-0.05, 0) is 38.4 Å². The average molecular weight is 324 g/mol. The highest BCUT2D eigenvalue weighted by molar-refractivity contribution is 9.10. The summed E-state index contributed by atoms with van der Waals surface area (Å²) >= 11 is 3.14. The van der Waals surface area contributed by atoms with Crippen LogP contribution in [0.2, 0.25) is 0 Å². The summed E-state index contributed by atoms with van der Waals surface area (Å²) in [6.07, 6.45) is -2.74. The van der Waals surface area contributed by atoms with Gasteiger partial charge >= 0.3 is 6.18 Å². The zero-order valence-corrected chi connectivity index (χ0v) is 11.3. The van der Waals surface area contributed by atoms with Crippen LogP contribution in [0.4, 0.5) is 13.2 Å². The molecule has 100 valence electrons. The molecule has 0 saturated carbocycles. The number of hydrogen-bond donors (Lipinski definition) is 2. The second-order valence-corrected chi connectivity index (χ2v) is 5.57. The van der Waals surface area contributed by atoms with E-state index < -0.39 is 17.3 Å². The molecule has 2 nitrogen and oxygen atoms in total. The molecule has 0 amide bonds. The van der Waals surface area contributed by atoms with Crippen LogP contribution in [0.5, 0.6) is 5.75 Å². The van der Waals surface area contributed by atoms with Gasteiger partial charge in [0, 0.05) is 15.6 Å². The summed E-state index contributed by atoms with van der Waals surface area (Å²) in [5.41, 5.74) is -0.835. The van der Waals surface area contributed by atoms with Crippen molar-refractivity contribution in [1.82, 2.24) is 5.32 Å². The van der Waals surface area contributed by atoms with Crippen molar-refractivity contribution in [2.75, 3.05) is 6.54 Å². The van der Waals surface area contributed by atoms with Gasteiger partial charge in [-0.15, -0.1) is 0 Å². The lowest BCUT2D eigenvalue weighted by Gasteiger charge is -2.27. The molecule has 1 aromatic carbocycles. The second kappa shape index (κ2) is 4.42. The maximum absolute atomic E-state index is 12.6. The Hall–Kier alpha value is -0.750. The topological polar surface area (TPSA) is 32.3 Å². The standard InChI is InChI=1S/C12H13BrF3NO/c1-11(3-2-4-17-11)10-8(13)5-7(6-9(10)18)12(14,15)16/h5-6,17-18H,2-4H2,1H3. The van der Waals surface area contributed by atoms with Crippen molar-refractivity contribution in [2.24, 2.45) is 0 Å². The van der Waals surface area contributed by atoms with Crippen molar-refractivity contribution in [3.63, 3.8) is 0 Å². The Bertz CT molecular complexity index is 444. The Morgan fingerprint density at radius 2 is 2.06 bits per heavy atom. The Labute approximate surface area is 111 Å². The molecule has 1 aliphatic heterocycles. The number of alkyl halides is 3. The Kier molecular flexibility index (Phi) is 3.36. The number of phenols is 1. The van der Waals surface area contributed by atoms with Crippen LogP contribution in [0.3, 0.4) is 0 Å². The van der Waals surface area contributed by atoms with Crippen molar-refractivity contribution in [3.05, 3.63) is 27.7 Å². The molecule has 1 unspecified atom stereocenters. The van der Waals surface area contributed by atoms with Crippen molar-refractivity contribution >= 4 is 15.9 Å². The quantitative estimate of drug-likeness (QED) is 0.824. The maximum Gasteiger partial charge on any atom is 0.416 e.